The predicted octanol–water partition coefficient (Wildman–Crippen LogP) is -2.06. The third-order valence-corrected chi connectivity index (χ3v) is 0. The molecular formula is H3BiOPbTe. The van der Waals surface area contributed by atoms with Gasteiger partial charge in [0, 0.05) is 0 Å². The zero-order chi connectivity index (χ0) is 2.00. The van der Waals surface area contributed by atoms with Crippen LogP contribution in [0, 0.1) is 0 Å². The van der Waals surface area contributed by atoms with Gasteiger partial charge < -0.3 is 0 Å². The summed E-state index contributed by atoms with van der Waals surface area (Å²) in [4.78, 5) is 0. The first-order valence-corrected chi connectivity index (χ1v) is 1.60. The molecule has 0 fully saturated rings. The third-order valence-electron chi connectivity index (χ3n) is 0. The van der Waals surface area contributed by atoms with E-state index in [1.807, 2.05) is 0 Å². The molecule has 24 valence electrons. The fourth-order valence-corrected chi connectivity index (χ4v) is 0. The second-order valence-electron chi connectivity index (χ2n) is 0. The van der Waals surface area contributed by atoms with E-state index in [1.165, 1.54) is 0 Å². The summed E-state index contributed by atoms with van der Waals surface area (Å²) in [5.41, 5.74) is 0. The maximum absolute atomic E-state index is 8.36. The zero-order valence-electron chi connectivity index (χ0n) is 2.01. The summed E-state index contributed by atoms with van der Waals surface area (Å²) in [6.07, 6.45) is 0. The first-order chi connectivity index (χ1) is 1.00. The molecule has 0 N–H and O–H groups in total. The van der Waals surface area contributed by atoms with Crippen molar-refractivity contribution in [1.82, 2.24) is 0 Å². The molecule has 0 rings (SSSR count). The first-order valence-electron chi connectivity index (χ1n) is 0.183. The van der Waals surface area contributed by atoms with E-state index in [9.17, 15) is 0 Å². The van der Waals surface area contributed by atoms with E-state index in [1.54, 1.807) is 0 Å². The van der Waals surface area contributed by atoms with Gasteiger partial charge in [-0.2, -0.15) is 0 Å². The molecule has 0 aliphatic rings. The molecule has 4 heteroatoms. The predicted molar refractivity (Wildman–Crippen MR) is 22.1 cm³/mol. The molecule has 0 aliphatic heterocycles. The summed E-state index contributed by atoms with van der Waals surface area (Å²) in [6.45, 7) is 0. The van der Waals surface area contributed by atoms with Crippen LogP contribution in [-0.2, 0) is 2.81 Å². The van der Waals surface area contributed by atoms with Crippen molar-refractivity contribution in [2.24, 2.45) is 0 Å². The molecule has 0 aliphatic carbocycles. The van der Waals surface area contributed by atoms with Crippen LogP contribution < -0.4 is 0 Å². The van der Waals surface area contributed by atoms with E-state index < -0.39 is 0 Å². The van der Waals surface area contributed by atoms with Gasteiger partial charge in [0.05, 0.1) is 0 Å². The molecular weight excluding hydrogens is 560 g/mol. The van der Waals surface area contributed by atoms with Gasteiger partial charge >= 0.3 is 78.5 Å². The summed E-state index contributed by atoms with van der Waals surface area (Å²) >= 11 is 0.194. The van der Waals surface area contributed by atoms with Crippen LogP contribution in [0.15, 0.2) is 0 Å². The summed E-state index contributed by atoms with van der Waals surface area (Å²) < 4.78 is 8.36. The van der Waals surface area contributed by atoms with Gasteiger partial charge in [0.2, 0.25) is 0 Å². The van der Waals surface area contributed by atoms with Gasteiger partial charge in [0.1, 0.15) is 0 Å². The first kappa shape index (κ1) is 16.1. The second kappa shape index (κ2) is 18.2. The number of hydrogen-bond donors (Lipinski definition) is 0. The van der Waals surface area contributed by atoms with E-state index in [2.05, 4.69) is 0 Å². The molecule has 4 radical (unpaired) electrons. The van der Waals surface area contributed by atoms with Crippen molar-refractivity contribution in [3.05, 3.63) is 0 Å². The van der Waals surface area contributed by atoms with Crippen LogP contribution in [0.1, 0.15) is 0 Å². The third kappa shape index (κ3) is 8.83. The van der Waals surface area contributed by atoms with E-state index >= 15 is 0 Å². The molecule has 0 amide bonds. The van der Waals surface area contributed by atoms with Gasteiger partial charge in [-0.25, -0.2) is 0 Å². The average molecular weight is 563 g/mol. The molecule has 4 heavy (non-hydrogen) atoms. The quantitative estimate of drug-likeness (QED) is 0.311. The average Bonchev–Trinajstić information content (AvgIpc) is 1.00. The van der Waals surface area contributed by atoms with Crippen molar-refractivity contribution >= 4 is 75.7 Å². The van der Waals surface area contributed by atoms with Crippen molar-refractivity contribution in [3.63, 3.8) is 0 Å². The molecule has 0 aromatic carbocycles. The second-order valence-corrected chi connectivity index (χ2v) is 0. The summed E-state index contributed by atoms with van der Waals surface area (Å²) in [5, 5.41) is 0. The van der Waals surface area contributed by atoms with Gasteiger partial charge in [-0.05, 0) is 0 Å². The SMILES string of the molecule is [O]=[Bi].[PbH2].[TeH]. The Morgan fingerprint density at radius 3 is 1.25 bits per heavy atom. The Morgan fingerprint density at radius 1 is 1.25 bits per heavy atom. The standard InChI is InChI=1S/Bi.O.Pb.HTe.2H/h;;;1H;;. The van der Waals surface area contributed by atoms with Gasteiger partial charge in [-0.1, -0.05) is 0 Å². The molecule has 0 heterocycles. The molecule has 0 unspecified atom stereocenters. The minimum absolute atomic E-state index is 0. The number of hydrogen-bond acceptors (Lipinski definition) is 1. The minimum atomic E-state index is 0. The maximum atomic E-state index is 8.36. The summed E-state index contributed by atoms with van der Waals surface area (Å²) in [7, 11) is 0. The summed E-state index contributed by atoms with van der Waals surface area (Å²) in [5.74, 6) is 0. The van der Waals surface area contributed by atoms with Crippen LogP contribution in [0.3, 0.4) is 0 Å². The molecule has 0 aromatic heterocycles. The van der Waals surface area contributed by atoms with Crippen LogP contribution >= 0.6 is 0 Å². The van der Waals surface area contributed by atoms with E-state index in [0.29, 0.717) is 0 Å². The van der Waals surface area contributed by atoms with Gasteiger partial charge in [-0.3, -0.25) is 0 Å². The Kier molecular flexibility index (Phi) is 73.4. The van der Waals surface area contributed by atoms with Crippen LogP contribution in [-0.4, -0.2) is 75.7 Å². The fourth-order valence-electron chi connectivity index (χ4n) is 0. The normalized spacial score (nSPS) is 1.00. The Hall–Kier alpha value is 2.39. The zero-order valence-corrected chi connectivity index (χ0v) is 13.5. The fraction of sp³-hybridized carbons (Fsp3) is 0. The topological polar surface area (TPSA) is 17.1 Å². The van der Waals surface area contributed by atoms with E-state index in [0.717, 1.165) is 0 Å². The molecule has 1 nitrogen and oxygen atoms in total. The van der Waals surface area contributed by atoms with Crippen LogP contribution in [0.4, 0.5) is 0 Å². The summed E-state index contributed by atoms with van der Waals surface area (Å²) in [6, 6.07) is 0. The van der Waals surface area contributed by atoms with Gasteiger partial charge in [0.25, 0.3) is 0 Å². The van der Waals surface area contributed by atoms with Crippen LogP contribution in [0.2, 0.25) is 0 Å². The Bertz CT molecular complexity index is 8.00. The van der Waals surface area contributed by atoms with Crippen molar-refractivity contribution in [2.75, 3.05) is 0 Å². The van der Waals surface area contributed by atoms with Gasteiger partial charge in [0.15, 0.2) is 0 Å². The van der Waals surface area contributed by atoms with E-state index in [-0.39, 0.29) is 75.7 Å². The molecule has 0 atom stereocenters. The van der Waals surface area contributed by atoms with E-state index in [4.69, 9.17) is 2.81 Å². The van der Waals surface area contributed by atoms with Gasteiger partial charge in [-0.15, -0.1) is 0 Å². The Morgan fingerprint density at radius 2 is 1.25 bits per heavy atom. The number of rotatable bonds is 0. The van der Waals surface area contributed by atoms with Crippen LogP contribution in [0.25, 0.3) is 0 Å². The molecule has 0 saturated heterocycles. The molecule has 0 spiro atoms. The van der Waals surface area contributed by atoms with Crippen molar-refractivity contribution in [1.29, 1.82) is 0 Å². The van der Waals surface area contributed by atoms with Crippen LogP contribution in [0.5, 0.6) is 0 Å². The van der Waals surface area contributed by atoms with Crippen molar-refractivity contribution in [3.8, 4) is 0 Å². The molecule has 0 bridgehead atoms. The Balaban J connectivity index is -0.00000000500. The van der Waals surface area contributed by atoms with Crippen molar-refractivity contribution in [2.45, 2.75) is 0 Å². The molecule has 0 aromatic rings. The van der Waals surface area contributed by atoms with Crippen molar-refractivity contribution < 1.29 is 2.81 Å². The monoisotopic (exact) mass is 566 g/mol. The molecule has 0 saturated carbocycles. The Labute approximate surface area is 77.1 Å².